The van der Waals surface area contributed by atoms with Gasteiger partial charge in [-0.15, -0.1) is 0 Å². The molecule has 0 amide bonds. The summed E-state index contributed by atoms with van der Waals surface area (Å²) in [5, 5.41) is 12.6. The van der Waals surface area contributed by atoms with E-state index in [-0.39, 0.29) is 11.8 Å². The van der Waals surface area contributed by atoms with Gasteiger partial charge in [0.1, 0.15) is 0 Å². The van der Waals surface area contributed by atoms with Gasteiger partial charge >= 0.3 is 0 Å². The van der Waals surface area contributed by atoms with Gasteiger partial charge in [-0.2, -0.15) is 0 Å². The Kier molecular flexibility index (Phi) is 5.45. The average molecular weight is 435 g/mol. The molecule has 3 unspecified atom stereocenters. The van der Waals surface area contributed by atoms with Gasteiger partial charge < -0.3 is 15.7 Å². The lowest BCUT2D eigenvalue weighted by molar-refractivity contribution is 0.00452. The Morgan fingerprint density at radius 1 is 0.788 bits per heavy atom. The number of hydrogen-bond acceptors (Lipinski definition) is 4. The highest BCUT2D eigenvalue weighted by Gasteiger charge is 2.57. The Morgan fingerprint density at radius 3 is 1.97 bits per heavy atom. The third-order valence-electron chi connectivity index (χ3n) is 6.58. The Hall–Kier alpha value is -3.89. The maximum Gasteiger partial charge on any atom is 0.175 e. The number of carbonyl (C=O) groups is 1. The van der Waals surface area contributed by atoms with E-state index in [1.165, 1.54) is 0 Å². The summed E-state index contributed by atoms with van der Waals surface area (Å²) in [7, 11) is 0. The number of nitrogen functional groups attached to an aromatic ring is 1. The minimum Gasteiger partial charge on any atom is -0.397 e. The molecule has 1 fully saturated rings. The predicted octanol–water partition coefficient (Wildman–Crippen LogP) is 5.56. The number of carbonyl (C=O) groups excluding carboxylic acids is 1. The Morgan fingerprint density at radius 2 is 1.33 bits per heavy atom. The van der Waals surface area contributed by atoms with E-state index in [0.717, 1.165) is 5.56 Å². The molecule has 33 heavy (non-hydrogen) atoms. The zero-order valence-electron chi connectivity index (χ0n) is 18.2. The van der Waals surface area contributed by atoms with E-state index in [1.54, 1.807) is 0 Å². The molecule has 4 aromatic rings. The summed E-state index contributed by atoms with van der Waals surface area (Å²) >= 11 is 0. The fraction of sp³-hybridized carbons (Fsp3) is 0.138. The second kappa shape index (κ2) is 8.57. The zero-order chi connectivity index (χ0) is 22.8. The van der Waals surface area contributed by atoms with Gasteiger partial charge in [-0.1, -0.05) is 103 Å². The molecule has 4 heteroatoms. The van der Waals surface area contributed by atoms with Crippen molar-refractivity contribution in [1.82, 2.24) is 0 Å². The van der Waals surface area contributed by atoms with Gasteiger partial charge in [0.05, 0.1) is 23.3 Å². The van der Waals surface area contributed by atoms with Crippen molar-refractivity contribution in [3.8, 4) is 0 Å². The lowest BCUT2D eigenvalue weighted by Gasteiger charge is -2.42. The first-order chi connectivity index (χ1) is 16.1. The minimum absolute atomic E-state index is 0.0834. The van der Waals surface area contributed by atoms with Gasteiger partial charge in [0.25, 0.3) is 0 Å². The zero-order valence-corrected chi connectivity index (χ0v) is 18.2. The fourth-order valence-corrected chi connectivity index (χ4v) is 5.03. The predicted molar refractivity (Wildman–Crippen MR) is 132 cm³/mol. The summed E-state index contributed by atoms with van der Waals surface area (Å²) in [4.78, 5) is 15.8. The average Bonchev–Trinajstić information content (AvgIpc) is 3.19. The van der Waals surface area contributed by atoms with Crippen LogP contribution in [-0.2, 0) is 5.72 Å². The summed E-state index contributed by atoms with van der Waals surface area (Å²) in [5.74, 6) is -0.771. The molecule has 0 bridgehead atoms. The summed E-state index contributed by atoms with van der Waals surface area (Å²) in [6.07, 6.45) is 0.456. The topological polar surface area (TPSA) is 66.6 Å². The molecule has 1 aliphatic rings. The van der Waals surface area contributed by atoms with E-state index < -0.39 is 11.6 Å². The number of para-hydroxylation sites is 2. The maximum atomic E-state index is 13.9. The number of nitrogens with zero attached hydrogens (tertiary/aromatic N) is 1. The van der Waals surface area contributed by atoms with Crippen molar-refractivity contribution < 1.29 is 9.90 Å². The molecular weight excluding hydrogens is 408 g/mol. The Balaban J connectivity index is 1.75. The standard InChI is InChI=1S/C29H26N2O2/c30-25-18-10-11-19-26(25)31-27(21-12-4-1-5-13-21)20-24(28(32)22-14-6-2-7-15-22)29(31,33)23-16-8-3-9-17-23/h1-19,24,27,33H,20,30H2. The van der Waals surface area contributed by atoms with Crippen molar-refractivity contribution >= 4 is 17.2 Å². The molecule has 0 aliphatic carbocycles. The molecule has 0 aromatic heterocycles. The number of benzene rings is 4. The van der Waals surface area contributed by atoms with Crippen LogP contribution in [0.15, 0.2) is 115 Å². The molecule has 3 atom stereocenters. The molecule has 5 rings (SSSR count). The van der Waals surface area contributed by atoms with Gasteiger partial charge in [0.15, 0.2) is 11.5 Å². The third kappa shape index (κ3) is 3.59. The Labute approximate surface area is 193 Å². The van der Waals surface area contributed by atoms with Crippen LogP contribution in [0.5, 0.6) is 0 Å². The highest BCUT2D eigenvalue weighted by molar-refractivity contribution is 5.99. The van der Waals surface area contributed by atoms with Crippen LogP contribution >= 0.6 is 0 Å². The van der Waals surface area contributed by atoms with E-state index in [0.29, 0.717) is 28.9 Å². The second-order valence-corrected chi connectivity index (χ2v) is 8.47. The van der Waals surface area contributed by atoms with E-state index in [9.17, 15) is 9.90 Å². The van der Waals surface area contributed by atoms with Crippen LogP contribution in [0.25, 0.3) is 0 Å². The number of anilines is 2. The molecular formula is C29H26N2O2. The second-order valence-electron chi connectivity index (χ2n) is 8.47. The normalized spacial score (nSPS) is 22.3. The number of nitrogens with two attached hydrogens (primary N) is 1. The molecule has 1 heterocycles. The summed E-state index contributed by atoms with van der Waals surface area (Å²) in [5.41, 5.74) is 8.40. The third-order valence-corrected chi connectivity index (χ3v) is 6.58. The first-order valence-electron chi connectivity index (χ1n) is 11.2. The van der Waals surface area contributed by atoms with Gasteiger partial charge in [-0.05, 0) is 24.1 Å². The van der Waals surface area contributed by atoms with Crippen LogP contribution in [0.3, 0.4) is 0 Å². The lowest BCUT2D eigenvalue weighted by Crippen LogP contribution is -2.48. The highest BCUT2D eigenvalue weighted by atomic mass is 16.3. The molecule has 4 aromatic carbocycles. The smallest absolute Gasteiger partial charge is 0.175 e. The first kappa shape index (κ1) is 21.0. The van der Waals surface area contributed by atoms with Crippen molar-refractivity contribution in [2.24, 2.45) is 5.92 Å². The molecule has 1 saturated heterocycles. The van der Waals surface area contributed by atoms with Crippen molar-refractivity contribution in [2.75, 3.05) is 10.6 Å². The Bertz CT molecular complexity index is 1240. The molecule has 1 aliphatic heterocycles. The molecule has 0 saturated carbocycles. The molecule has 0 radical (unpaired) electrons. The largest absolute Gasteiger partial charge is 0.397 e. The SMILES string of the molecule is Nc1ccccc1N1C(c2ccccc2)CC(C(=O)c2ccccc2)C1(O)c1ccccc1. The van der Waals surface area contributed by atoms with Gasteiger partial charge in [0, 0.05) is 11.1 Å². The number of ketones is 1. The number of rotatable bonds is 5. The van der Waals surface area contributed by atoms with Gasteiger partial charge in [-0.25, -0.2) is 0 Å². The van der Waals surface area contributed by atoms with Crippen LogP contribution in [-0.4, -0.2) is 10.9 Å². The number of Topliss-reactive ketones (excluding diaryl/α,β-unsaturated/α-hetero) is 1. The van der Waals surface area contributed by atoms with Gasteiger partial charge in [-0.3, -0.25) is 4.79 Å². The van der Waals surface area contributed by atoms with Crippen LogP contribution in [0.4, 0.5) is 11.4 Å². The van der Waals surface area contributed by atoms with Crippen molar-refractivity contribution in [1.29, 1.82) is 0 Å². The molecule has 3 N–H and O–H groups in total. The molecule has 4 nitrogen and oxygen atoms in total. The number of hydrogen-bond donors (Lipinski definition) is 2. The van der Waals surface area contributed by atoms with E-state index in [1.807, 2.05) is 120 Å². The van der Waals surface area contributed by atoms with Gasteiger partial charge in [0.2, 0.25) is 0 Å². The summed E-state index contributed by atoms with van der Waals surface area (Å²) < 4.78 is 0. The molecule has 164 valence electrons. The van der Waals surface area contributed by atoms with Crippen LogP contribution < -0.4 is 10.6 Å². The maximum absolute atomic E-state index is 13.9. The monoisotopic (exact) mass is 434 g/mol. The van der Waals surface area contributed by atoms with E-state index >= 15 is 0 Å². The fourth-order valence-electron chi connectivity index (χ4n) is 5.03. The van der Waals surface area contributed by atoms with E-state index in [4.69, 9.17) is 5.73 Å². The quantitative estimate of drug-likeness (QED) is 0.319. The van der Waals surface area contributed by atoms with Crippen LogP contribution in [0.1, 0.15) is 33.9 Å². The van der Waals surface area contributed by atoms with Crippen molar-refractivity contribution in [2.45, 2.75) is 18.2 Å². The number of aliphatic hydroxyl groups is 1. The van der Waals surface area contributed by atoms with Crippen LogP contribution in [0, 0.1) is 5.92 Å². The highest BCUT2D eigenvalue weighted by Crippen LogP contribution is 2.54. The van der Waals surface area contributed by atoms with Crippen LogP contribution in [0.2, 0.25) is 0 Å². The van der Waals surface area contributed by atoms with Crippen molar-refractivity contribution in [3.63, 3.8) is 0 Å². The molecule has 0 spiro atoms. The summed E-state index contributed by atoms with van der Waals surface area (Å²) in [6, 6.07) is 36.0. The summed E-state index contributed by atoms with van der Waals surface area (Å²) in [6.45, 7) is 0. The van der Waals surface area contributed by atoms with E-state index in [2.05, 4.69) is 0 Å². The first-order valence-corrected chi connectivity index (χ1v) is 11.2. The minimum atomic E-state index is -1.58. The van der Waals surface area contributed by atoms with Crippen molar-refractivity contribution in [3.05, 3.63) is 132 Å². The lowest BCUT2D eigenvalue weighted by atomic mass is 9.83.